The van der Waals surface area contributed by atoms with Gasteiger partial charge in [0.15, 0.2) is 17.0 Å². The van der Waals surface area contributed by atoms with E-state index < -0.39 is 19.8 Å². The quantitative estimate of drug-likeness (QED) is 0.149. The number of phosphoric ester groups is 1. The molecule has 5 N–H and O–H groups in total. The molecule has 1 saturated carbocycles. The summed E-state index contributed by atoms with van der Waals surface area (Å²) in [6.45, 7) is 1.55. The molecule has 1 fully saturated rings. The largest absolute Gasteiger partial charge is 0.529 e. The molecule has 0 amide bonds. The second kappa shape index (κ2) is 11.2. The first-order valence-electron chi connectivity index (χ1n) is 12.3. The van der Waals surface area contributed by atoms with Crippen LogP contribution in [0.1, 0.15) is 37.8 Å². The van der Waals surface area contributed by atoms with Crippen LogP contribution in [0.5, 0.6) is 0 Å². The van der Waals surface area contributed by atoms with Gasteiger partial charge in [0.1, 0.15) is 6.04 Å². The highest BCUT2D eigenvalue weighted by Gasteiger charge is 2.32. The van der Waals surface area contributed by atoms with Gasteiger partial charge in [-0.15, -0.1) is 0 Å². The Labute approximate surface area is 219 Å². The number of nitrogens with two attached hydrogens (primary N) is 1. The van der Waals surface area contributed by atoms with Crippen molar-refractivity contribution in [1.29, 1.82) is 0 Å². The van der Waals surface area contributed by atoms with Crippen molar-refractivity contribution in [2.24, 2.45) is 5.92 Å². The predicted octanol–water partition coefficient (Wildman–Crippen LogP) is 2.87. The molecule has 2 heterocycles. The Bertz CT molecular complexity index is 1360. The van der Waals surface area contributed by atoms with Crippen molar-refractivity contribution in [3.63, 3.8) is 0 Å². The van der Waals surface area contributed by atoms with E-state index in [1.54, 1.807) is 6.33 Å². The minimum absolute atomic E-state index is 0.108. The Hall–Kier alpha value is -3.35. The number of allylic oxidation sites excluding steroid dienone is 1. The zero-order valence-corrected chi connectivity index (χ0v) is 21.7. The second-order valence-electron chi connectivity index (χ2n) is 9.41. The molecule has 202 valence electrons. The number of nitrogens with one attached hydrogen (secondary N) is 2. The van der Waals surface area contributed by atoms with Crippen molar-refractivity contribution in [3.05, 3.63) is 54.4 Å². The van der Waals surface area contributed by atoms with Gasteiger partial charge in [-0.2, -0.15) is 15.4 Å². The van der Waals surface area contributed by atoms with Crippen LogP contribution >= 0.6 is 7.82 Å². The molecular weight excluding hydrogens is 513 g/mol. The van der Waals surface area contributed by atoms with Gasteiger partial charge < -0.3 is 20.1 Å². The number of hydroxylamine groups is 1. The van der Waals surface area contributed by atoms with E-state index in [0.29, 0.717) is 29.4 Å². The molecule has 1 unspecified atom stereocenters. The number of hydrogen-bond donors (Lipinski definition) is 4. The third kappa shape index (κ3) is 6.55. The first-order valence-corrected chi connectivity index (χ1v) is 13.8. The standard InChI is InChI=1S/C24H30N7O6P/c1-15(30-35-12-16-5-3-2-4-6-16)23(32)37-38(33,34)36-13-17-7-10-19(11-17)31-14-26-20-21(27-18-8-9-18)28-24(25)29-22(20)31/h2-7,10,14-15,17-19,30H,8-9,11-13H2,1H3,(H,33,34)(H3,25,27,28,29)/t15-,17-,19+/m1/s1. The monoisotopic (exact) mass is 543 g/mol. The van der Waals surface area contributed by atoms with Crippen molar-refractivity contribution in [2.45, 2.75) is 50.9 Å². The Balaban J connectivity index is 1.10. The maximum absolute atomic E-state index is 12.4. The molecule has 13 nitrogen and oxygen atoms in total. The molecule has 1 aromatic carbocycles. The summed E-state index contributed by atoms with van der Waals surface area (Å²) in [7, 11) is -4.63. The average molecular weight is 544 g/mol. The third-order valence-corrected chi connectivity index (χ3v) is 7.10. The fourth-order valence-electron chi connectivity index (χ4n) is 4.06. The topological polar surface area (TPSA) is 176 Å². The number of imidazole rings is 1. The van der Waals surface area contributed by atoms with Crippen LogP contribution in [0.2, 0.25) is 0 Å². The van der Waals surface area contributed by atoms with Crippen molar-refractivity contribution < 1.29 is 28.1 Å². The number of benzene rings is 1. The van der Waals surface area contributed by atoms with Crippen LogP contribution in [0, 0.1) is 5.92 Å². The van der Waals surface area contributed by atoms with Crippen molar-refractivity contribution in [2.75, 3.05) is 17.7 Å². The number of fused-ring (bicyclic) bond motifs is 1. The number of carbonyl (C=O) groups excluding carboxylic acids is 1. The van der Waals surface area contributed by atoms with Gasteiger partial charge in [-0.1, -0.05) is 42.5 Å². The minimum atomic E-state index is -4.63. The fourth-order valence-corrected chi connectivity index (χ4v) is 4.88. The smallest absolute Gasteiger partial charge is 0.369 e. The zero-order chi connectivity index (χ0) is 26.7. The van der Waals surface area contributed by atoms with E-state index in [-0.39, 0.29) is 31.1 Å². The molecule has 2 aliphatic carbocycles. The molecule has 3 aromatic rings. The summed E-state index contributed by atoms with van der Waals surface area (Å²) < 4.78 is 24.1. The van der Waals surface area contributed by atoms with Gasteiger partial charge >= 0.3 is 13.8 Å². The van der Waals surface area contributed by atoms with Gasteiger partial charge in [-0.25, -0.2) is 14.3 Å². The van der Waals surface area contributed by atoms with E-state index in [2.05, 4.69) is 25.7 Å². The molecular formula is C24H30N7O6P. The Kier molecular flexibility index (Phi) is 7.73. The SMILES string of the molecule is C[C@@H](NOCc1ccccc1)C(=O)OP(=O)(O)OC[C@@H]1C=C[C@H](n2cnc3c(NC4CC4)nc(N)nc32)C1. The number of phosphoric acid groups is 1. The number of anilines is 2. The second-order valence-corrected chi connectivity index (χ2v) is 10.8. The first-order chi connectivity index (χ1) is 18.3. The average Bonchev–Trinajstić information content (AvgIpc) is 3.40. The summed E-state index contributed by atoms with van der Waals surface area (Å²) in [5, 5.41) is 3.33. The van der Waals surface area contributed by atoms with Gasteiger partial charge in [0.05, 0.1) is 25.6 Å². The van der Waals surface area contributed by atoms with E-state index in [4.69, 9.17) is 19.6 Å². The molecule has 4 atom stereocenters. The third-order valence-electron chi connectivity index (χ3n) is 6.22. The Morgan fingerprint density at radius 2 is 2.05 bits per heavy atom. The number of nitrogens with zero attached hydrogens (tertiary/aromatic N) is 4. The molecule has 38 heavy (non-hydrogen) atoms. The summed E-state index contributed by atoms with van der Waals surface area (Å²) in [5.74, 6) is -0.388. The Morgan fingerprint density at radius 3 is 2.82 bits per heavy atom. The van der Waals surface area contributed by atoms with Gasteiger partial charge in [0.2, 0.25) is 5.95 Å². The highest BCUT2D eigenvalue weighted by atomic mass is 31.2. The minimum Gasteiger partial charge on any atom is -0.369 e. The van der Waals surface area contributed by atoms with Crippen LogP contribution in [0.4, 0.5) is 11.8 Å². The van der Waals surface area contributed by atoms with E-state index in [0.717, 1.165) is 18.4 Å². The maximum Gasteiger partial charge on any atom is 0.529 e. The van der Waals surface area contributed by atoms with Crippen LogP contribution in [0.15, 0.2) is 48.8 Å². The molecule has 0 bridgehead atoms. The highest BCUT2D eigenvalue weighted by molar-refractivity contribution is 7.48. The number of rotatable bonds is 12. The van der Waals surface area contributed by atoms with Gasteiger partial charge in [0.25, 0.3) is 0 Å². The normalized spacial score (nSPS) is 21.3. The van der Waals surface area contributed by atoms with Gasteiger partial charge in [0, 0.05) is 12.0 Å². The summed E-state index contributed by atoms with van der Waals surface area (Å²) in [5.41, 5.74) is 10.6. The number of aromatic nitrogens is 4. The van der Waals surface area contributed by atoms with E-state index >= 15 is 0 Å². The van der Waals surface area contributed by atoms with Crippen LogP contribution in [0.25, 0.3) is 11.2 Å². The van der Waals surface area contributed by atoms with E-state index in [9.17, 15) is 14.3 Å². The van der Waals surface area contributed by atoms with Crippen LogP contribution in [0.3, 0.4) is 0 Å². The van der Waals surface area contributed by atoms with Gasteiger partial charge in [-0.3, -0.25) is 14.3 Å². The molecule has 2 aliphatic rings. The zero-order valence-electron chi connectivity index (χ0n) is 20.8. The van der Waals surface area contributed by atoms with Crippen molar-refractivity contribution in [3.8, 4) is 0 Å². The molecule has 2 aromatic heterocycles. The van der Waals surface area contributed by atoms with Crippen LogP contribution < -0.4 is 16.5 Å². The molecule has 0 radical (unpaired) electrons. The summed E-state index contributed by atoms with van der Waals surface area (Å²) in [4.78, 5) is 40.7. The lowest BCUT2D eigenvalue weighted by Crippen LogP contribution is -2.35. The lowest BCUT2D eigenvalue weighted by atomic mass is 10.1. The number of hydrogen-bond acceptors (Lipinski definition) is 11. The molecule has 0 spiro atoms. The van der Waals surface area contributed by atoms with Gasteiger partial charge in [-0.05, 0) is 31.7 Å². The summed E-state index contributed by atoms with van der Waals surface area (Å²) in [6.07, 6.45) is 8.25. The lowest BCUT2D eigenvalue weighted by Gasteiger charge is -2.18. The Morgan fingerprint density at radius 1 is 1.26 bits per heavy atom. The van der Waals surface area contributed by atoms with E-state index in [1.807, 2.05) is 47.1 Å². The number of carbonyl (C=O) groups is 1. The highest BCUT2D eigenvalue weighted by Crippen LogP contribution is 2.45. The lowest BCUT2D eigenvalue weighted by molar-refractivity contribution is -0.142. The van der Waals surface area contributed by atoms with Crippen molar-refractivity contribution in [1.82, 2.24) is 25.0 Å². The number of nitrogen functional groups attached to an aromatic ring is 1. The summed E-state index contributed by atoms with van der Waals surface area (Å²) >= 11 is 0. The molecule has 0 aliphatic heterocycles. The predicted molar refractivity (Wildman–Crippen MR) is 138 cm³/mol. The van der Waals surface area contributed by atoms with Crippen LogP contribution in [-0.4, -0.2) is 49.1 Å². The molecule has 5 rings (SSSR count). The first kappa shape index (κ1) is 26.3. The van der Waals surface area contributed by atoms with Crippen molar-refractivity contribution >= 4 is 36.7 Å². The van der Waals surface area contributed by atoms with E-state index in [1.165, 1.54) is 6.92 Å². The fraction of sp³-hybridized carbons (Fsp3) is 0.417. The van der Waals surface area contributed by atoms with Crippen LogP contribution in [-0.2, 0) is 29.9 Å². The maximum atomic E-state index is 12.4. The summed E-state index contributed by atoms with van der Waals surface area (Å²) in [6, 6.07) is 8.63. The molecule has 0 saturated heterocycles. The molecule has 14 heteroatoms.